The van der Waals surface area contributed by atoms with E-state index in [2.05, 4.69) is 10.2 Å². The number of carbonyl (C=O) groups is 1. The molecule has 2 aliphatic heterocycles. The molecule has 1 aromatic carbocycles. The Hall–Kier alpha value is -1.98. The highest BCUT2D eigenvalue weighted by Gasteiger charge is 2.30. The monoisotopic (exact) mass is 346 g/mol. The van der Waals surface area contributed by atoms with Crippen LogP contribution in [0.3, 0.4) is 0 Å². The number of nitrogens with one attached hydrogen (secondary N) is 1. The van der Waals surface area contributed by atoms with Gasteiger partial charge in [0.2, 0.25) is 0 Å². The van der Waals surface area contributed by atoms with Gasteiger partial charge in [-0.15, -0.1) is 0 Å². The van der Waals surface area contributed by atoms with Crippen molar-refractivity contribution in [2.45, 2.75) is 12.3 Å². The molecule has 0 spiro atoms. The van der Waals surface area contributed by atoms with Crippen LogP contribution in [0.1, 0.15) is 34.0 Å². The summed E-state index contributed by atoms with van der Waals surface area (Å²) >= 11 is 6.00. The van der Waals surface area contributed by atoms with Gasteiger partial charge in [-0.25, -0.2) is 0 Å². The molecule has 1 atom stereocenters. The molecule has 4 rings (SSSR count). The minimum Gasteiger partial charge on any atom is -0.444 e. The van der Waals surface area contributed by atoms with E-state index in [-0.39, 0.29) is 11.8 Å². The molecule has 1 unspecified atom stereocenters. The van der Waals surface area contributed by atoms with Gasteiger partial charge in [-0.1, -0.05) is 23.7 Å². The van der Waals surface area contributed by atoms with Crippen molar-refractivity contribution in [1.82, 2.24) is 5.32 Å². The Morgan fingerprint density at radius 3 is 2.67 bits per heavy atom. The Labute approximate surface area is 145 Å². The van der Waals surface area contributed by atoms with Crippen LogP contribution >= 0.6 is 11.6 Å². The Morgan fingerprint density at radius 1 is 1.17 bits per heavy atom. The number of carbonyl (C=O) groups excluding carboxylic acids is 1. The lowest BCUT2D eigenvalue weighted by Crippen LogP contribution is -2.36. The number of hydrogen-bond acceptors (Lipinski definition) is 4. The molecule has 24 heavy (non-hydrogen) atoms. The number of amides is 1. The summed E-state index contributed by atoms with van der Waals surface area (Å²) in [5.41, 5.74) is 1.74. The molecular formula is C18H19ClN2O3. The van der Waals surface area contributed by atoms with E-state index >= 15 is 0 Å². The molecular weight excluding hydrogens is 328 g/mol. The second-order valence-corrected chi connectivity index (χ2v) is 6.55. The van der Waals surface area contributed by atoms with Gasteiger partial charge < -0.3 is 19.4 Å². The molecule has 1 amide bonds. The number of benzene rings is 1. The molecule has 2 aromatic rings. The van der Waals surface area contributed by atoms with Crippen LogP contribution in [0, 0.1) is 0 Å². The highest BCUT2D eigenvalue weighted by Crippen LogP contribution is 2.37. The predicted octanol–water partition coefficient (Wildman–Crippen LogP) is 3.04. The van der Waals surface area contributed by atoms with Gasteiger partial charge >= 0.3 is 0 Å². The molecule has 126 valence electrons. The zero-order chi connectivity index (χ0) is 16.5. The molecule has 0 bridgehead atoms. The molecule has 1 saturated heterocycles. The second kappa shape index (κ2) is 6.49. The predicted molar refractivity (Wildman–Crippen MR) is 92.0 cm³/mol. The summed E-state index contributed by atoms with van der Waals surface area (Å²) in [6.45, 7) is 3.54. The first kappa shape index (κ1) is 15.5. The summed E-state index contributed by atoms with van der Waals surface area (Å²) in [6, 6.07) is 9.63. The third-order valence-electron chi connectivity index (χ3n) is 4.62. The molecule has 3 heterocycles. The number of rotatable bonds is 2. The minimum atomic E-state index is -0.0651. The molecule has 1 fully saturated rings. The number of nitrogens with zero attached hydrogens (tertiary/aromatic N) is 1. The number of morpholine rings is 1. The average Bonchev–Trinajstić information content (AvgIpc) is 2.99. The topological polar surface area (TPSA) is 54.7 Å². The van der Waals surface area contributed by atoms with Crippen molar-refractivity contribution in [2.75, 3.05) is 37.7 Å². The molecule has 0 aliphatic carbocycles. The van der Waals surface area contributed by atoms with Crippen molar-refractivity contribution < 1.29 is 13.9 Å². The fourth-order valence-electron chi connectivity index (χ4n) is 3.34. The summed E-state index contributed by atoms with van der Waals surface area (Å²) in [5, 5.41) is 3.66. The van der Waals surface area contributed by atoms with Crippen LogP contribution in [-0.4, -0.2) is 38.8 Å². The SMILES string of the molecule is O=C1NCCC(c2ccc(Cl)cc2)c2oc(N3CCOCC3)cc21. The van der Waals surface area contributed by atoms with Gasteiger partial charge in [0.1, 0.15) is 5.76 Å². The Kier molecular flexibility index (Phi) is 4.21. The molecule has 5 nitrogen and oxygen atoms in total. The summed E-state index contributed by atoms with van der Waals surface area (Å²) in [7, 11) is 0. The van der Waals surface area contributed by atoms with Crippen LogP contribution in [0.25, 0.3) is 0 Å². The fourth-order valence-corrected chi connectivity index (χ4v) is 3.46. The van der Waals surface area contributed by atoms with Crippen LogP contribution in [0.15, 0.2) is 34.7 Å². The van der Waals surface area contributed by atoms with Crippen LogP contribution in [0.5, 0.6) is 0 Å². The van der Waals surface area contributed by atoms with E-state index < -0.39 is 0 Å². The number of hydrogen-bond donors (Lipinski definition) is 1. The van der Waals surface area contributed by atoms with Crippen molar-refractivity contribution in [3.05, 3.63) is 52.2 Å². The Balaban J connectivity index is 1.73. The Bertz CT molecular complexity index is 735. The van der Waals surface area contributed by atoms with Gasteiger partial charge in [0.05, 0.1) is 18.8 Å². The average molecular weight is 347 g/mol. The van der Waals surface area contributed by atoms with Gasteiger partial charge in [-0.3, -0.25) is 4.79 Å². The summed E-state index contributed by atoms with van der Waals surface area (Å²) < 4.78 is 11.6. The first-order valence-corrected chi connectivity index (χ1v) is 8.60. The van der Waals surface area contributed by atoms with Crippen molar-refractivity contribution in [2.24, 2.45) is 0 Å². The van der Waals surface area contributed by atoms with Crippen LogP contribution < -0.4 is 10.2 Å². The van der Waals surface area contributed by atoms with Crippen molar-refractivity contribution in [3.63, 3.8) is 0 Å². The number of anilines is 1. The lowest BCUT2D eigenvalue weighted by Gasteiger charge is -2.26. The molecule has 6 heteroatoms. The highest BCUT2D eigenvalue weighted by atomic mass is 35.5. The van der Waals surface area contributed by atoms with E-state index in [0.717, 1.165) is 36.7 Å². The number of furan rings is 1. The van der Waals surface area contributed by atoms with Crippen molar-refractivity contribution in [1.29, 1.82) is 0 Å². The maximum atomic E-state index is 12.4. The zero-order valence-electron chi connectivity index (χ0n) is 13.3. The van der Waals surface area contributed by atoms with Gasteiger partial charge in [0.25, 0.3) is 5.91 Å². The normalized spacial score (nSPS) is 21.1. The third kappa shape index (κ3) is 2.89. The molecule has 1 aromatic heterocycles. The van der Waals surface area contributed by atoms with E-state index in [1.807, 2.05) is 30.3 Å². The van der Waals surface area contributed by atoms with E-state index in [0.29, 0.717) is 30.3 Å². The van der Waals surface area contributed by atoms with E-state index in [9.17, 15) is 4.79 Å². The van der Waals surface area contributed by atoms with Crippen molar-refractivity contribution in [3.8, 4) is 0 Å². The Morgan fingerprint density at radius 2 is 1.92 bits per heavy atom. The number of ether oxygens (including phenoxy) is 1. The molecule has 0 saturated carbocycles. The minimum absolute atomic E-state index is 0.0472. The summed E-state index contributed by atoms with van der Waals surface area (Å²) in [4.78, 5) is 14.5. The van der Waals surface area contributed by atoms with Gasteiger partial charge in [-0.05, 0) is 24.1 Å². The van der Waals surface area contributed by atoms with E-state index in [1.54, 1.807) is 0 Å². The third-order valence-corrected chi connectivity index (χ3v) is 4.87. The van der Waals surface area contributed by atoms with Crippen LogP contribution in [0.4, 0.5) is 5.88 Å². The highest BCUT2D eigenvalue weighted by molar-refractivity contribution is 6.30. The van der Waals surface area contributed by atoms with Gasteiger partial charge in [-0.2, -0.15) is 0 Å². The van der Waals surface area contributed by atoms with Crippen LogP contribution in [0.2, 0.25) is 5.02 Å². The standard InChI is InChI=1S/C18H19ClN2O3/c19-13-3-1-12(2-4-13)14-5-6-20-18(22)15-11-16(24-17(14)15)21-7-9-23-10-8-21/h1-4,11,14H,5-10H2,(H,20,22). The van der Waals surface area contributed by atoms with Crippen LogP contribution in [-0.2, 0) is 4.74 Å². The van der Waals surface area contributed by atoms with E-state index in [1.165, 1.54) is 0 Å². The first-order chi connectivity index (χ1) is 11.7. The van der Waals surface area contributed by atoms with Gasteiger partial charge in [0, 0.05) is 36.6 Å². The van der Waals surface area contributed by atoms with E-state index in [4.69, 9.17) is 20.8 Å². The first-order valence-electron chi connectivity index (χ1n) is 8.22. The van der Waals surface area contributed by atoms with Crippen molar-refractivity contribution >= 4 is 23.4 Å². The van der Waals surface area contributed by atoms with Gasteiger partial charge in [0.15, 0.2) is 5.88 Å². The lowest BCUT2D eigenvalue weighted by molar-refractivity contribution is 0.0955. The summed E-state index contributed by atoms with van der Waals surface area (Å²) in [6.07, 6.45) is 0.802. The molecule has 2 aliphatic rings. The lowest BCUT2D eigenvalue weighted by atomic mass is 9.92. The molecule has 0 radical (unpaired) electrons. The second-order valence-electron chi connectivity index (χ2n) is 6.11. The maximum Gasteiger partial charge on any atom is 0.254 e. The maximum absolute atomic E-state index is 12.4. The quantitative estimate of drug-likeness (QED) is 0.908. The number of halogens is 1. The summed E-state index contributed by atoms with van der Waals surface area (Å²) in [5.74, 6) is 1.48. The fraction of sp³-hybridized carbons (Fsp3) is 0.389. The number of fused-ring (bicyclic) bond motifs is 1. The largest absolute Gasteiger partial charge is 0.444 e. The smallest absolute Gasteiger partial charge is 0.254 e. The molecule has 1 N–H and O–H groups in total. The zero-order valence-corrected chi connectivity index (χ0v) is 14.0.